The molecule has 0 saturated carbocycles. The van der Waals surface area contributed by atoms with Crippen LogP contribution in [-0.2, 0) is 11.3 Å². The third kappa shape index (κ3) is 4.08. The quantitative estimate of drug-likeness (QED) is 0.727. The summed E-state index contributed by atoms with van der Waals surface area (Å²) in [5, 5.41) is 0. The summed E-state index contributed by atoms with van der Waals surface area (Å²) < 4.78 is 11.6. The Bertz CT molecular complexity index is 536. The van der Waals surface area contributed by atoms with Gasteiger partial charge < -0.3 is 9.47 Å². The summed E-state index contributed by atoms with van der Waals surface area (Å²) in [7, 11) is 1.72. The number of hydrogen-bond donors (Lipinski definition) is 0. The standard InChI is InChI=1S/C19H24O2/c1-4-17(18-12-8-9-13-19(18)20-3)15(2)21-14-16-10-6-5-7-11-16/h5-13,15,17H,4,14H2,1-3H3. The van der Waals surface area contributed by atoms with E-state index in [9.17, 15) is 0 Å². The van der Waals surface area contributed by atoms with Gasteiger partial charge in [0.25, 0.3) is 0 Å². The lowest BCUT2D eigenvalue weighted by molar-refractivity contribution is 0.0330. The van der Waals surface area contributed by atoms with Crippen LogP contribution >= 0.6 is 0 Å². The number of ether oxygens (including phenoxy) is 2. The second-order valence-electron chi connectivity index (χ2n) is 5.26. The molecule has 2 unspecified atom stereocenters. The number of benzene rings is 2. The van der Waals surface area contributed by atoms with E-state index in [1.807, 2.05) is 30.3 Å². The first-order valence-corrected chi connectivity index (χ1v) is 7.54. The predicted molar refractivity (Wildman–Crippen MR) is 86.7 cm³/mol. The summed E-state index contributed by atoms with van der Waals surface area (Å²) in [6.07, 6.45) is 1.17. The maximum absolute atomic E-state index is 6.08. The maximum atomic E-state index is 6.08. The van der Waals surface area contributed by atoms with Gasteiger partial charge in [0, 0.05) is 5.92 Å². The van der Waals surface area contributed by atoms with Gasteiger partial charge in [0.05, 0.1) is 19.8 Å². The fourth-order valence-electron chi connectivity index (χ4n) is 2.70. The smallest absolute Gasteiger partial charge is 0.122 e. The Morgan fingerprint density at radius 3 is 2.29 bits per heavy atom. The van der Waals surface area contributed by atoms with Crippen molar-refractivity contribution in [2.45, 2.75) is 38.9 Å². The summed E-state index contributed by atoms with van der Waals surface area (Å²) in [6.45, 7) is 4.98. The van der Waals surface area contributed by atoms with Crippen LogP contribution in [0.4, 0.5) is 0 Å². The van der Waals surface area contributed by atoms with E-state index < -0.39 is 0 Å². The second kappa shape index (κ2) is 7.84. The van der Waals surface area contributed by atoms with E-state index in [1.54, 1.807) is 7.11 Å². The Balaban J connectivity index is 2.06. The summed E-state index contributed by atoms with van der Waals surface area (Å²) in [5.74, 6) is 1.28. The Morgan fingerprint density at radius 2 is 1.62 bits per heavy atom. The van der Waals surface area contributed by atoms with Gasteiger partial charge in [-0.1, -0.05) is 55.5 Å². The Hall–Kier alpha value is -1.80. The molecule has 0 radical (unpaired) electrons. The third-order valence-electron chi connectivity index (χ3n) is 3.90. The van der Waals surface area contributed by atoms with Gasteiger partial charge in [-0.3, -0.25) is 0 Å². The van der Waals surface area contributed by atoms with Crippen molar-refractivity contribution in [2.75, 3.05) is 7.11 Å². The number of rotatable bonds is 7. The molecule has 0 fully saturated rings. The molecule has 0 saturated heterocycles. The van der Waals surface area contributed by atoms with Crippen LogP contribution in [0.15, 0.2) is 54.6 Å². The minimum atomic E-state index is 0.145. The van der Waals surface area contributed by atoms with Crippen LogP contribution in [0.2, 0.25) is 0 Å². The van der Waals surface area contributed by atoms with Crippen LogP contribution < -0.4 is 4.74 Å². The van der Waals surface area contributed by atoms with Gasteiger partial charge in [-0.25, -0.2) is 0 Å². The fraction of sp³-hybridized carbons (Fsp3) is 0.368. The van der Waals surface area contributed by atoms with Crippen molar-refractivity contribution >= 4 is 0 Å². The van der Waals surface area contributed by atoms with Crippen LogP contribution in [-0.4, -0.2) is 13.2 Å². The molecule has 0 amide bonds. The molecule has 2 rings (SSSR count). The molecular weight excluding hydrogens is 260 g/mol. The van der Waals surface area contributed by atoms with Crippen LogP contribution in [0, 0.1) is 0 Å². The van der Waals surface area contributed by atoms with Crippen molar-refractivity contribution in [2.24, 2.45) is 0 Å². The second-order valence-corrected chi connectivity index (χ2v) is 5.26. The monoisotopic (exact) mass is 284 g/mol. The molecule has 0 aromatic heterocycles. The molecule has 0 aliphatic heterocycles. The summed E-state index contributed by atoms with van der Waals surface area (Å²) in [4.78, 5) is 0. The summed E-state index contributed by atoms with van der Waals surface area (Å²) in [6, 6.07) is 18.5. The number of hydrogen-bond acceptors (Lipinski definition) is 2. The Morgan fingerprint density at radius 1 is 0.952 bits per heavy atom. The number of methoxy groups -OCH3 is 1. The molecule has 0 bridgehead atoms. The van der Waals surface area contributed by atoms with Crippen molar-refractivity contribution in [3.8, 4) is 5.75 Å². The molecule has 0 aliphatic carbocycles. The van der Waals surface area contributed by atoms with Crippen molar-refractivity contribution in [3.05, 3.63) is 65.7 Å². The van der Waals surface area contributed by atoms with E-state index in [0.717, 1.165) is 12.2 Å². The van der Waals surface area contributed by atoms with Crippen LogP contribution in [0.5, 0.6) is 5.75 Å². The van der Waals surface area contributed by atoms with E-state index in [4.69, 9.17) is 9.47 Å². The molecule has 0 N–H and O–H groups in total. The van der Waals surface area contributed by atoms with Crippen molar-refractivity contribution in [1.82, 2.24) is 0 Å². The summed E-state index contributed by atoms with van der Waals surface area (Å²) >= 11 is 0. The summed E-state index contributed by atoms with van der Waals surface area (Å²) in [5.41, 5.74) is 2.43. The van der Waals surface area contributed by atoms with Gasteiger partial charge in [-0.2, -0.15) is 0 Å². The third-order valence-corrected chi connectivity index (χ3v) is 3.90. The Kier molecular flexibility index (Phi) is 5.82. The average Bonchev–Trinajstić information content (AvgIpc) is 2.55. The predicted octanol–water partition coefficient (Wildman–Crippen LogP) is 4.79. The van der Waals surface area contributed by atoms with Gasteiger partial charge >= 0.3 is 0 Å². The van der Waals surface area contributed by atoms with Gasteiger partial charge in [0.15, 0.2) is 0 Å². The average molecular weight is 284 g/mol. The zero-order valence-electron chi connectivity index (χ0n) is 13.1. The highest BCUT2D eigenvalue weighted by Crippen LogP contribution is 2.32. The minimum absolute atomic E-state index is 0.145. The van der Waals surface area contributed by atoms with Gasteiger partial charge in [-0.15, -0.1) is 0 Å². The van der Waals surface area contributed by atoms with E-state index in [1.165, 1.54) is 11.1 Å². The molecule has 0 heterocycles. The molecule has 112 valence electrons. The van der Waals surface area contributed by atoms with E-state index in [-0.39, 0.29) is 6.10 Å². The van der Waals surface area contributed by atoms with Crippen LogP contribution in [0.25, 0.3) is 0 Å². The molecule has 2 aromatic rings. The van der Waals surface area contributed by atoms with Gasteiger partial charge in [0.1, 0.15) is 5.75 Å². The molecule has 2 nitrogen and oxygen atoms in total. The lowest BCUT2D eigenvalue weighted by atomic mass is 9.91. The molecule has 2 aromatic carbocycles. The zero-order valence-corrected chi connectivity index (χ0v) is 13.1. The van der Waals surface area contributed by atoms with Gasteiger partial charge in [0.2, 0.25) is 0 Å². The molecule has 0 aliphatic rings. The van der Waals surface area contributed by atoms with Crippen molar-refractivity contribution in [1.29, 1.82) is 0 Å². The minimum Gasteiger partial charge on any atom is -0.496 e. The highest BCUT2D eigenvalue weighted by atomic mass is 16.5. The SMILES string of the molecule is CCC(c1ccccc1OC)C(C)OCc1ccccc1. The van der Waals surface area contributed by atoms with Gasteiger partial charge in [-0.05, 0) is 30.5 Å². The molecule has 2 atom stereocenters. The fourth-order valence-corrected chi connectivity index (χ4v) is 2.70. The molecule has 2 heteroatoms. The van der Waals surface area contributed by atoms with Crippen molar-refractivity contribution in [3.63, 3.8) is 0 Å². The van der Waals surface area contributed by atoms with Crippen molar-refractivity contribution < 1.29 is 9.47 Å². The maximum Gasteiger partial charge on any atom is 0.122 e. The molecule has 21 heavy (non-hydrogen) atoms. The molecule has 0 spiro atoms. The largest absolute Gasteiger partial charge is 0.496 e. The first-order valence-electron chi connectivity index (χ1n) is 7.54. The highest BCUT2D eigenvalue weighted by Gasteiger charge is 2.21. The van der Waals surface area contributed by atoms with Crippen LogP contribution in [0.3, 0.4) is 0 Å². The van der Waals surface area contributed by atoms with Crippen LogP contribution in [0.1, 0.15) is 37.3 Å². The first-order chi connectivity index (χ1) is 10.3. The highest BCUT2D eigenvalue weighted by molar-refractivity contribution is 5.36. The van der Waals surface area contributed by atoms with E-state index in [2.05, 4.69) is 38.1 Å². The van der Waals surface area contributed by atoms with E-state index >= 15 is 0 Å². The first kappa shape index (κ1) is 15.6. The molecular formula is C19H24O2. The zero-order chi connectivity index (χ0) is 15.1. The lowest BCUT2D eigenvalue weighted by Crippen LogP contribution is -2.19. The lowest BCUT2D eigenvalue weighted by Gasteiger charge is -2.25. The topological polar surface area (TPSA) is 18.5 Å². The number of para-hydroxylation sites is 1. The Labute approximate surface area is 127 Å². The van der Waals surface area contributed by atoms with E-state index in [0.29, 0.717) is 12.5 Å². The normalized spacial score (nSPS) is 13.7.